The summed E-state index contributed by atoms with van der Waals surface area (Å²) in [7, 11) is 0. The van der Waals surface area contributed by atoms with Crippen LogP contribution in [0.5, 0.6) is 0 Å². The molecule has 0 saturated heterocycles. The molecule has 1 aliphatic carbocycles. The van der Waals surface area contributed by atoms with E-state index in [9.17, 15) is 22.8 Å². The Kier molecular flexibility index (Phi) is 5.85. The molecule has 176 valence electrons. The molecule has 1 saturated carbocycles. The lowest BCUT2D eigenvalue weighted by Gasteiger charge is -2.10. The Morgan fingerprint density at radius 1 is 1.18 bits per heavy atom. The van der Waals surface area contributed by atoms with Crippen LogP contribution in [0.3, 0.4) is 0 Å². The van der Waals surface area contributed by atoms with Crippen molar-refractivity contribution in [3.05, 3.63) is 41.1 Å². The Morgan fingerprint density at radius 2 is 1.91 bits per heavy atom. The smallest absolute Gasteiger partial charge is 0.350 e. The molecule has 2 N–H and O–H groups in total. The monoisotopic (exact) mass is 463 g/mol. The number of rotatable bonds is 7. The number of carbonyl (C=O) groups is 2. The minimum absolute atomic E-state index is 0.00457. The molecular weight excluding hydrogens is 439 g/mol. The Balaban J connectivity index is 1.64. The number of carbonyl (C=O) groups excluding carboxylic acids is 2. The van der Waals surface area contributed by atoms with E-state index in [4.69, 9.17) is 0 Å². The Hall–Kier alpha value is -3.44. The van der Waals surface area contributed by atoms with E-state index in [1.54, 1.807) is 0 Å². The first-order valence-corrected chi connectivity index (χ1v) is 10.7. The van der Waals surface area contributed by atoms with Gasteiger partial charge in [-0.25, -0.2) is 9.50 Å². The molecule has 4 rings (SSSR count). The number of nitrogens with one attached hydrogen (secondary N) is 2. The molecule has 3 aromatic heterocycles. The largest absolute Gasteiger partial charge is 0.433 e. The molecule has 1 fully saturated rings. The highest BCUT2D eigenvalue weighted by atomic mass is 19.4. The summed E-state index contributed by atoms with van der Waals surface area (Å²) in [4.78, 5) is 29.6. The van der Waals surface area contributed by atoms with Crippen LogP contribution in [0.2, 0.25) is 0 Å². The van der Waals surface area contributed by atoms with Gasteiger partial charge in [0.25, 0.3) is 11.8 Å². The molecule has 0 radical (unpaired) electrons. The molecule has 2 amide bonds. The molecule has 12 heteroatoms. The number of alkyl halides is 3. The number of aromatic nitrogens is 5. The average molecular weight is 463 g/mol. The van der Waals surface area contributed by atoms with Crippen molar-refractivity contribution in [1.82, 2.24) is 29.7 Å². The summed E-state index contributed by atoms with van der Waals surface area (Å²) >= 11 is 0. The van der Waals surface area contributed by atoms with Crippen molar-refractivity contribution in [2.24, 2.45) is 5.92 Å². The Labute approximate surface area is 187 Å². The third kappa shape index (κ3) is 4.83. The summed E-state index contributed by atoms with van der Waals surface area (Å²) in [5.41, 5.74) is -0.798. The van der Waals surface area contributed by atoms with Crippen LogP contribution < -0.4 is 10.6 Å². The van der Waals surface area contributed by atoms with Gasteiger partial charge < -0.3 is 10.6 Å². The van der Waals surface area contributed by atoms with Gasteiger partial charge in [-0.2, -0.15) is 23.4 Å². The van der Waals surface area contributed by atoms with Gasteiger partial charge >= 0.3 is 6.18 Å². The highest BCUT2D eigenvalue weighted by molar-refractivity contribution is 6.07. The highest BCUT2D eigenvalue weighted by Gasteiger charge is 2.37. The van der Waals surface area contributed by atoms with Crippen molar-refractivity contribution in [3.63, 3.8) is 0 Å². The molecule has 0 aliphatic heterocycles. The van der Waals surface area contributed by atoms with Gasteiger partial charge in [-0.05, 0) is 31.7 Å². The number of aryl methyl sites for hydroxylation is 1. The summed E-state index contributed by atoms with van der Waals surface area (Å²) in [5, 5.41) is 13.3. The lowest BCUT2D eigenvalue weighted by atomic mass is 10.2. The number of amides is 2. The molecule has 0 bridgehead atoms. The van der Waals surface area contributed by atoms with Crippen LogP contribution in [0.25, 0.3) is 5.65 Å². The standard InChI is InChI=1S/C21H24F3N7O2/c1-4-30-10-15(18(29-30)20(33)25-9-11(2)3)27-19(32)14-8-17-26-13(12-5-6-12)7-16(21(22,23)24)31(17)28-14/h7-8,10-12H,4-6,9H2,1-3H3,(H,25,33)(H,27,32). The van der Waals surface area contributed by atoms with E-state index < -0.39 is 23.7 Å². The number of nitrogens with zero attached hydrogens (tertiary/aromatic N) is 5. The van der Waals surface area contributed by atoms with Crippen molar-refractivity contribution >= 4 is 23.1 Å². The molecular formula is C21H24F3N7O2. The zero-order valence-electron chi connectivity index (χ0n) is 18.4. The predicted octanol–water partition coefficient (Wildman–Crippen LogP) is 3.48. The molecule has 0 spiro atoms. The summed E-state index contributed by atoms with van der Waals surface area (Å²) in [6, 6.07) is 2.20. The van der Waals surface area contributed by atoms with Gasteiger partial charge in [0.1, 0.15) is 5.69 Å². The van der Waals surface area contributed by atoms with Gasteiger partial charge in [-0.15, -0.1) is 0 Å². The van der Waals surface area contributed by atoms with E-state index in [0.717, 1.165) is 18.9 Å². The molecule has 0 atom stereocenters. The molecule has 3 heterocycles. The maximum atomic E-state index is 13.6. The van der Waals surface area contributed by atoms with Gasteiger partial charge in [-0.1, -0.05) is 13.8 Å². The molecule has 0 unspecified atom stereocenters. The van der Waals surface area contributed by atoms with Crippen molar-refractivity contribution in [1.29, 1.82) is 0 Å². The third-order valence-electron chi connectivity index (χ3n) is 5.19. The minimum Gasteiger partial charge on any atom is -0.350 e. The van der Waals surface area contributed by atoms with Crippen LogP contribution in [0.15, 0.2) is 18.3 Å². The average Bonchev–Trinajstić information content (AvgIpc) is 3.38. The number of anilines is 1. The van der Waals surface area contributed by atoms with E-state index >= 15 is 0 Å². The van der Waals surface area contributed by atoms with Gasteiger partial charge in [0, 0.05) is 37.0 Å². The van der Waals surface area contributed by atoms with Crippen LogP contribution in [-0.2, 0) is 12.7 Å². The highest BCUT2D eigenvalue weighted by Crippen LogP contribution is 2.41. The maximum absolute atomic E-state index is 13.6. The van der Waals surface area contributed by atoms with E-state index in [-0.39, 0.29) is 34.6 Å². The zero-order valence-corrected chi connectivity index (χ0v) is 18.4. The predicted molar refractivity (Wildman–Crippen MR) is 113 cm³/mol. The minimum atomic E-state index is -4.66. The fraction of sp³-hybridized carbons (Fsp3) is 0.476. The van der Waals surface area contributed by atoms with E-state index in [2.05, 4.69) is 25.8 Å². The van der Waals surface area contributed by atoms with Gasteiger partial charge in [0.15, 0.2) is 17.0 Å². The normalized spacial score (nSPS) is 14.2. The first-order chi connectivity index (χ1) is 15.6. The fourth-order valence-corrected chi connectivity index (χ4v) is 3.30. The second-order valence-electron chi connectivity index (χ2n) is 8.44. The van der Waals surface area contributed by atoms with E-state index in [1.807, 2.05) is 20.8 Å². The van der Waals surface area contributed by atoms with Crippen LogP contribution in [0, 0.1) is 5.92 Å². The first kappa shape index (κ1) is 22.7. The Morgan fingerprint density at radius 3 is 2.52 bits per heavy atom. The van der Waals surface area contributed by atoms with Crippen molar-refractivity contribution in [3.8, 4) is 0 Å². The number of halogens is 3. The van der Waals surface area contributed by atoms with Gasteiger partial charge in [0.05, 0.1) is 5.69 Å². The molecule has 33 heavy (non-hydrogen) atoms. The second-order valence-corrected chi connectivity index (χ2v) is 8.44. The number of hydrogen-bond acceptors (Lipinski definition) is 5. The lowest BCUT2D eigenvalue weighted by molar-refractivity contribution is -0.142. The van der Waals surface area contributed by atoms with Crippen LogP contribution in [0.1, 0.15) is 71.9 Å². The molecule has 3 aromatic rings. The van der Waals surface area contributed by atoms with E-state index in [0.29, 0.717) is 23.3 Å². The van der Waals surface area contributed by atoms with Crippen molar-refractivity contribution < 1.29 is 22.8 Å². The van der Waals surface area contributed by atoms with Crippen molar-refractivity contribution in [2.75, 3.05) is 11.9 Å². The lowest BCUT2D eigenvalue weighted by Crippen LogP contribution is -2.28. The summed E-state index contributed by atoms with van der Waals surface area (Å²) in [6.45, 7) is 6.58. The molecule has 1 aliphatic rings. The van der Waals surface area contributed by atoms with Crippen LogP contribution in [0.4, 0.5) is 18.9 Å². The topological polar surface area (TPSA) is 106 Å². The summed E-state index contributed by atoms with van der Waals surface area (Å²) < 4.78 is 42.9. The van der Waals surface area contributed by atoms with E-state index in [1.165, 1.54) is 16.9 Å². The van der Waals surface area contributed by atoms with Crippen LogP contribution in [-0.4, -0.2) is 42.7 Å². The quantitative estimate of drug-likeness (QED) is 0.558. The summed E-state index contributed by atoms with van der Waals surface area (Å²) in [5.74, 6) is -1.02. The third-order valence-corrected chi connectivity index (χ3v) is 5.19. The second kappa shape index (κ2) is 8.49. The van der Waals surface area contributed by atoms with Crippen molar-refractivity contribution in [2.45, 2.75) is 52.3 Å². The first-order valence-electron chi connectivity index (χ1n) is 10.7. The van der Waals surface area contributed by atoms with Crippen LogP contribution >= 0.6 is 0 Å². The SMILES string of the molecule is CCn1cc(NC(=O)c2cc3nc(C4CC4)cc(C(F)(F)F)n3n2)c(C(=O)NCC(C)C)n1. The number of fused-ring (bicyclic) bond motifs is 1. The fourth-order valence-electron chi connectivity index (χ4n) is 3.30. The maximum Gasteiger partial charge on any atom is 0.433 e. The Bertz CT molecular complexity index is 1210. The molecule has 9 nitrogen and oxygen atoms in total. The number of hydrogen-bond donors (Lipinski definition) is 2. The van der Waals surface area contributed by atoms with Gasteiger partial charge in [0.2, 0.25) is 0 Å². The summed E-state index contributed by atoms with van der Waals surface area (Å²) in [6.07, 6.45) is -1.60. The molecule has 0 aromatic carbocycles. The van der Waals surface area contributed by atoms with Gasteiger partial charge in [-0.3, -0.25) is 14.3 Å². The zero-order chi connectivity index (χ0) is 23.9.